The van der Waals surface area contributed by atoms with Gasteiger partial charge in [-0.05, 0) is 25.5 Å². The number of carbonyl (C=O) groups is 1. The van der Waals surface area contributed by atoms with Crippen LogP contribution in [0.25, 0.3) is 11.3 Å². The summed E-state index contributed by atoms with van der Waals surface area (Å²) in [6.07, 6.45) is 0.944. The number of halogens is 2. The number of aromatic nitrogens is 2. The number of benzene rings is 1. The third-order valence-electron chi connectivity index (χ3n) is 5.22. The average molecular weight is 449 g/mol. The topological polar surface area (TPSA) is 62.5 Å². The second-order valence-electron chi connectivity index (χ2n) is 7.21. The minimum absolute atomic E-state index is 0.0910. The Hall–Kier alpha value is -2.29. The van der Waals surface area contributed by atoms with Crippen molar-refractivity contribution in [2.75, 3.05) is 26.2 Å². The summed E-state index contributed by atoms with van der Waals surface area (Å²) in [5.74, 6) is -0.402. The van der Waals surface area contributed by atoms with Crippen LogP contribution in [0.1, 0.15) is 33.7 Å². The summed E-state index contributed by atoms with van der Waals surface area (Å²) in [5.41, 5.74) is 1.58. The van der Waals surface area contributed by atoms with Gasteiger partial charge in [0.25, 0.3) is 5.91 Å². The molecule has 1 aromatic carbocycles. The van der Waals surface area contributed by atoms with Crippen molar-refractivity contribution in [3.05, 3.63) is 56.4 Å². The first-order valence-electron chi connectivity index (χ1n) is 9.83. The number of nitrogens with zero attached hydrogens (tertiary/aromatic N) is 4. The Bertz CT molecular complexity index is 1040. The van der Waals surface area contributed by atoms with Gasteiger partial charge >= 0.3 is 0 Å². The predicted octanol–water partition coefficient (Wildman–Crippen LogP) is 4.42. The number of hydrogen-bond acceptors (Lipinski definition) is 6. The van der Waals surface area contributed by atoms with Gasteiger partial charge in [-0.1, -0.05) is 29.7 Å². The summed E-state index contributed by atoms with van der Waals surface area (Å²) in [4.78, 5) is 21.9. The smallest absolute Gasteiger partial charge is 0.259 e. The Morgan fingerprint density at radius 3 is 2.73 bits per heavy atom. The largest absolute Gasteiger partial charge is 0.360 e. The van der Waals surface area contributed by atoms with Gasteiger partial charge in [0.1, 0.15) is 22.8 Å². The van der Waals surface area contributed by atoms with Crippen LogP contribution in [-0.4, -0.2) is 52.0 Å². The third kappa shape index (κ3) is 4.12. The first-order valence-corrected chi connectivity index (χ1v) is 11.1. The van der Waals surface area contributed by atoms with Gasteiger partial charge in [0.2, 0.25) is 0 Å². The standard InChI is InChI=1S/C21H22ClFN4O2S/c1-3-17-24-14(12-30-17)11-26-7-9-27(10-8-26)21(28)18-13(2)29-25-20(18)19-15(22)5-4-6-16(19)23/h4-6,12H,3,7-11H2,1-2H3. The SMILES string of the molecule is CCc1nc(CN2CCN(C(=O)c3c(-c4c(F)cccc4Cl)noc3C)CC2)cs1. The molecule has 4 rings (SSSR count). The van der Waals surface area contributed by atoms with Crippen LogP contribution in [0.3, 0.4) is 0 Å². The predicted molar refractivity (Wildman–Crippen MR) is 114 cm³/mol. The van der Waals surface area contributed by atoms with E-state index in [1.54, 1.807) is 29.2 Å². The minimum Gasteiger partial charge on any atom is -0.360 e. The van der Waals surface area contributed by atoms with Crippen LogP contribution in [0, 0.1) is 12.7 Å². The molecule has 1 saturated heterocycles. The lowest BCUT2D eigenvalue weighted by Crippen LogP contribution is -2.48. The normalized spacial score (nSPS) is 15.0. The van der Waals surface area contributed by atoms with Crippen molar-refractivity contribution in [2.45, 2.75) is 26.8 Å². The fourth-order valence-corrected chi connectivity index (χ4v) is 4.59. The second-order valence-corrected chi connectivity index (χ2v) is 8.56. The lowest BCUT2D eigenvalue weighted by atomic mass is 10.0. The molecule has 0 radical (unpaired) electrons. The van der Waals surface area contributed by atoms with Crippen LogP contribution in [-0.2, 0) is 13.0 Å². The molecule has 1 fully saturated rings. The summed E-state index contributed by atoms with van der Waals surface area (Å²) in [7, 11) is 0. The van der Waals surface area contributed by atoms with Crippen LogP contribution in [0.4, 0.5) is 4.39 Å². The fourth-order valence-electron chi connectivity index (χ4n) is 3.60. The van der Waals surface area contributed by atoms with Gasteiger partial charge in [-0.2, -0.15) is 0 Å². The van der Waals surface area contributed by atoms with Gasteiger partial charge in [0.05, 0.1) is 21.3 Å². The number of rotatable bonds is 5. The van der Waals surface area contributed by atoms with Crippen LogP contribution < -0.4 is 0 Å². The second kappa shape index (κ2) is 8.83. The Labute approximate surface area is 183 Å². The molecule has 1 aliphatic rings. The van der Waals surface area contributed by atoms with E-state index in [4.69, 9.17) is 16.1 Å². The molecule has 0 atom stereocenters. The Kier molecular flexibility index (Phi) is 6.17. The van der Waals surface area contributed by atoms with Crippen molar-refractivity contribution in [2.24, 2.45) is 0 Å². The number of thiazole rings is 1. The molecule has 158 valence electrons. The molecule has 2 aromatic heterocycles. The lowest BCUT2D eigenvalue weighted by Gasteiger charge is -2.34. The van der Waals surface area contributed by atoms with E-state index in [0.29, 0.717) is 18.8 Å². The molecule has 30 heavy (non-hydrogen) atoms. The maximum Gasteiger partial charge on any atom is 0.259 e. The minimum atomic E-state index is -0.538. The highest BCUT2D eigenvalue weighted by atomic mass is 35.5. The van der Waals surface area contributed by atoms with Gasteiger partial charge in [-0.25, -0.2) is 9.37 Å². The van der Waals surface area contributed by atoms with E-state index in [1.165, 1.54) is 12.1 Å². The van der Waals surface area contributed by atoms with Gasteiger partial charge < -0.3 is 9.42 Å². The van der Waals surface area contributed by atoms with Gasteiger partial charge in [0, 0.05) is 38.1 Å². The number of piperazine rings is 1. The summed E-state index contributed by atoms with van der Waals surface area (Å²) in [6.45, 7) is 7.15. The maximum atomic E-state index is 14.4. The molecular formula is C21H22ClFN4O2S. The zero-order valence-corrected chi connectivity index (χ0v) is 18.4. The van der Waals surface area contributed by atoms with Crippen molar-refractivity contribution >= 4 is 28.8 Å². The highest BCUT2D eigenvalue weighted by molar-refractivity contribution is 7.09. The summed E-state index contributed by atoms with van der Waals surface area (Å²) >= 11 is 7.87. The van der Waals surface area contributed by atoms with Gasteiger partial charge in [-0.15, -0.1) is 11.3 Å². The van der Waals surface area contributed by atoms with Crippen molar-refractivity contribution in [3.63, 3.8) is 0 Å². The highest BCUT2D eigenvalue weighted by Crippen LogP contribution is 2.34. The monoisotopic (exact) mass is 448 g/mol. The highest BCUT2D eigenvalue weighted by Gasteiger charge is 2.30. The maximum absolute atomic E-state index is 14.4. The first kappa shape index (κ1) is 21.0. The van der Waals surface area contributed by atoms with Crippen molar-refractivity contribution in [3.8, 4) is 11.3 Å². The number of carbonyl (C=O) groups excluding carboxylic acids is 1. The zero-order valence-electron chi connectivity index (χ0n) is 16.8. The molecule has 3 heterocycles. The van der Waals surface area contributed by atoms with E-state index >= 15 is 0 Å². The molecule has 0 saturated carbocycles. The quantitative estimate of drug-likeness (QED) is 0.578. The van der Waals surface area contributed by atoms with Crippen LogP contribution in [0.2, 0.25) is 5.02 Å². The zero-order chi connectivity index (χ0) is 21.3. The number of amides is 1. The Morgan fingerprint density at radius 1 is 1.30 bits per heavy atom. The molecule has 0 aliphatic carbocycles. The lowest BCUT2D eigenvalue weighted by molar-refractivity contribution is 0.0626. The van der Waals surface area contributed by atoms with E-state index in [-0.39, 0.29) is 27.8 Å². The van der Waals surface area contributed by atoms with Crippen LogP contribution in [0.15, 0.2) is 28.1 Å². The molecule has 9 heteroatoms. The van der Waals surface area contributed by atoms with Crippen LogP contribution in [0.5, 0.6) is 0 Å². The van der Waals surface area contributed by atoms with Crippen molar-refractivity contribution in [1.29, 1.82) is 0 Å². The molecular weight excluding hydrogens is 427 g/mol. The summed E-state index contributed by atoms with van der Waals surface area (Å²) in [5, 5.41) is 7.37. The number of aryl methyl sites for hydroxylation is 2. The van der Waals surface area contributed by atoms with E-state index < -0.39 is 5.82 Å². The molecule has 1 aliphatic heterocycles. The van der Waals surface area contributed by atoms with E-state index in [1.807, 2.05) is 0 Å². The van der Waals surface area contributed by atoms with Gasteiger partial charge in [0.15, 0.2) is 0 Å². The fraction of sp³-hybridized carbons (Fsp3) is 0.381. The Morgan fingerprint density at radius 2 is 2.07 bits per heavy atom. The summed E-state index contributed by atoms with van der Waals surface area (Å²) < 4.78 is 19.7. The molecule has 3 aromatic rings. The van der Waals surface area contributed by atoms with Crippen LogP contribution >= 0.6 is 22.9 Å². The molecule has 0 unspecified atom stereocenters. The van der Waals surface area contributed by atoms with Gasteiger partial charge in [-0.3, -0.25) is 9.69 Å². The van der Waals surface area contributed by atoms with E-state index in [2.05, 4.69) is 27.3 Å². The van der Waals surface area contributed by atoms with Crippen molar-refractivity contribution < 1.29 is 13.7 Å². The van der Waals surface area contributed by atoms with E-state index in [0.717, 1.165) is 36.8 Å². The summed E-state index contributed by atoms with van der Waals surface area (Å²) in [6, 6.07) is 4.38. The van der Waals surface area contributed by atoms with E-state index in [9.17, 15) is 9.18 Å². The number of hydrogen-bond donors (Lipinski definition) is 0. The molecule has 0 N–H and O–H groups in total. The average Bonchev–Trinajstić information content (AvgIpc) is 3.34. The molecule has 0 spiro atoms. The Balaban J connectivity index is 1.48. The van der Waals surface area contributed by atoms with Crippen molar-refractivity contribution in [1.82, 2.24) is 19.9 Å². The third-order valence-corrected chi connectivity index (χ3v) is 6.58. The molecule has 6 nitrogen and oxygen atoms in total. The molecule has 1 amide bonds. The first-order chi connectivity index (χ1) is 14.5. The molecule has 0 bridgehead atoms.